The third-order valence-corrected chi connectivity index (χ3v) is 6.23. The normalized spacial score (nSPS) is 11.9. The highest BCUT2D eigenvalue weighted by molar-refractivity contribution is 7.08. The SMILES string of the molecule is O=C(CCNC(=O)c1ccsc1)NCC(c1ccccc1Cl)c1c[nH]c2ccccc12. The van der Waals surface area contributed by atoms with E-state index in [9.17, 15) is 9.59 Å². The number of carbonyl (C=O) groups excluding carboxylic acids is 2. The summed E-state index contributed by atoms with van der Waals surface area (Å²) in [6.07, 6.45) is 2.19. The molecule has 2 amide bonds. The van der Waals surface area contributed by atoms with Crippen molar-refractivity contribution in [2.24, 2.45) is 0 Å². The summed E-state index contributed by atoms with van der Waals surface area (Å²) in [5.41, 5.74) is 3.69. The summed E-state index contributed by atoms with van der Waals surface area (Å²) in [5.74, 6) is -0.390. The Kier molecular flexibility index (Phi) is 6.70. The Morgan fingerprint density at radius 3 is 2.61 bits per heavy atom. The molecule has 0 saturated carbocycles. The predicted octanol–water partition coefficient (Wildman–Crippen LogP) is 4.95. The number of fused-ring (bicyclic) bond motifs is 1. The van der Waals surface area contributed by atoms with Crippen molar-refractivity contribution in [2.45, 2.75) is 12.3 Å². The first-order chi connectivity index (χ1) is 15.1. The molecule has 2 heterocycles. The molecule has 0 saturated heterocycles. The van der Waals surface area contributed by atoms with Crippen LogP contribution in [0.4, 0.5) is 0 Å². The number of rotatable bonds is 8. The number of nitrogens with one attached hydrogen (secondary N) is 3. The monoisotopic (exact) mass is 451 g/mol. The third kappa shape index (κ3) is 4.98. The van der Waals surface area contributed by atoms with E-state index in [1.54, 1.807) is 11.4 Å². The Bertz CT molecular complexity index is 1190. The first-order valence-electron chi connectivity index (χ1n) is 10.0. The lowest BCUT2D eigenvalue weighted by Crippen LogP contribution is -2.33. The van der Waals surface area contributed by atoms with Crippen molar-refractivity contribution in [2.75, 3.05) is 13.1 Å². The van der Waals surface area contributed by atoms with Crippen molar-refractivity contribution in [1.29, 1.82) is 0 Å². The number of aromatic amines is 1. The minimum absolute atomic E-state index is 0.103. The van der Waals surface area contributed by atoms with Crippen LogP contribution >= 0.6 is 22.9 Å². The van der Waals surface area contributed by atoms with Gasteiger partial charge >= 0.3 is 0 Å². The van der Waals surface area contributed by atoms with Crippen LogP contribution in [0.5, 0.6) is 0 Å². The van der Waals surface area contributed by atoms with Gasteiger partial charge in [-0.05, 0) is 34.7 Å². The quantitative estimate of drug-likeness (QED) is 0.354. The standard InChI is InChI=1S/C24H22ClN3O2S/c25-21-7-3-1-5-17(21)19(20-13-27-22-8-4-2-6-18(20)22)14-28-23(29)9-11-26-24(30)16-10-12-31-15-16/h1-8,10,12-13,15,19,27H,9,11,14H2,(H,26,30)(H,28,29). The van der Waals surface area contributed by atoms with Crippen LogP contribution < -0.4 is 10.6 Å². The lowest BCUT2D eigenvalue weighted by atomic mass is 9.90. The minimum atomic E-state index is -0.165. The summed E-state index contributed by atoms with van der Waals surface area (Å²) in [6.45, 7) is 0.688. The summed E-state index contributed by atoms with van der Waals surface area (Å²) in [4.78, 5) is 27.8. The summed E-state index contributed by atoms with van der Waals surface area (Å²) >= 11 is 7.96. The van der Waals surface area contributed by atoms with Gasteiger partial charge in [-0.25, -0.2) is 0 Å². The number of hydrogen-bond donors (Lipinski definition) is 3. The van der Waals surface area contributed by atoms with E-state index < -0.39 is 0 Å². The van der Waals surface area contributed by atoms with Gasteiger partial charge < -0.3 is 15.6 Å². The topological polar surface area (TPSA) is 74.0 Å². The number of aromatic nitrogens is 1. The second-order valence-electron chi connectivity index (χ2n) is 7.19. The average Bonchev–Trinajstić information content (AvgIpc) is 3.46. The van der Waals surface area contributed by atoms with Crippen LogP contribution in [0.25, 0.3) is 10.9 Å². The van der Waals surface area contributed by atoms with Crippen LogP contribution in [0, 0.1) is 0 Å². The Morgan fingerprint density at radius 2 is 1.81 bits per heavy atom. The Labute approximate surface area is 189 Å². The summed E-state index contributed by atoms with van der Waals surface area (Å²) in [5, 5.41) is 11.2. The van der Waals surface area contributed by atoms with Gasteiger partial charge in [0.1, 0.15) is 0 Å². The van der Waals surface area contributed by atoms with Gasteiger partial charge in [0, 0.05) is 58.5 Å². The second kappa shape index (κ2) is 9.81. The highest BCUT2D eigenvalue weighted by Gasteiger charge is 2.21. The molecule has 3 N–H and O–H groups in total. The van der Waals surface area contributed by atoms with Gasteiger partial charge in [-0.15, -0.1) is 0 Å². The minimum Gasteiger partial charge on any atom is -0.361 e. The number of thiophene rings is 1. The lowest BCUT2D eigenvalue weighted by molar-refractivity contribution is -0.120. The maximum atomic E-state index is 12.5. The van der Waals surface area contributed by atoms with E-state index in [0.29, 0.717) is 17.1 Å². The van der Waals surface area contributed by atoms with E-state index in [1.165, 1.54) is 11.3 Å². The lowest BCUT2D eigenvalue weighted by Gasteiger charge is -2.19. The molecule has 7 heteroatoms. The van der Waals surface area contributed by atoms with Crippen molar-refractivity contribution >= 4 is 45.7 Å². The number of carbonyl (C=O) groups is 2. The van der Waals surface area contributed by atoms with Crippen LogP contribution in [-0.4, -0.2) is 29.9 Å². The van der Waals surface area contributed by atoms with E-state index in [1.807, 2.05) is 54.0 Å². The molecule has 5 nitrogen and oxygen atoms in total. The van der Waals surface area contributed by atoms with Crippen LogP contribution in [0.15, 0.2) is 71.6 Å². The third-order valence-electron chi connectivity index (χ3n) is 5.20. The van der Waals surface area contributed by atoms with Crippen molar-refractivity contribution < 1.29 is 9.59 Å². The Morgan fingerprint density at radius 1 is 1.00 bits per heavy atom. The van der Waals surface area contributed by atoms with Gasteiger partial charge in [-0.3, -0.25) is 9.59 Å². The van der Waals surface area contributed by atoms with Gasteiger partial charge in [0.05, 0.1) is 0 Å². The maximum Gasteiger partial charge on any atom is 0.252 e. The molecular formula is C24H22ClN3O2S. The highest BCUT2D eigenvalue weighted by atomic mass is 35.5. The highest BCUT2D eigenvalue weighted by Crippen LogP contribution is 2.34. The molecule has 0 bridgehead atoms. The van der Waals surface area contributed by atoms with Crippen molar-refractivity contribution in [3.8, 4) is 0 Å². The molecule has 1 unspecified atom stereocenters. The molecule has 0 aliphatic carbocycles. The van der Waals surface area contributed by atoms with Crippen molar-refractivity contribution in [1.82, 2.24) is 15.6 Å². The molecule has 2 aromatic carbocycles. The summed E-state index contributed by atoms with van der Waals surface area (Å²) in [7, 11) is 0. The number of para-hydroxylation sites is 1. The zero-order valence-electron chi connectivity index (χ0n) is 16.7. The van der Waals surface area contributed by atoms with Gasteiger partial charge in [0.2, 0.25) is 5.91 Å². The number of hydrogen-bond acceptors (Lipinski definition) is 3. The number of amides is 2. The predicted molar refractivity (Wildman–Crippen MR) is 126 cm³/mol. The number of benzene rings is 2. The molecule has 4 rings (SSSR count). The Hall–Kier alpha value is -3.09. The van der Waals surface area contributed by atoms with Gasteiger partial charge in [0.15, 0.2) is 0 Å². The van der Waals surface area contributed by atoms with E-state index >= 15 is 0 Å². The van der Waals surface area contributed by atoms with Gasteiger partial charge in [0.25, 0.3) is 5.91 Å². The number of H-pyrrole nitrogens is 1. The molecule has 31 heavy (non-hydrogen) atoms. The van der Waals surface area contributed by atoms with Crippen molar-refractivity contribution in [3.05, 3.63) is 93.3 Å². The first-order valence-corrected chi connectivity index (χ1v) is 11.3. The summed E-state index contributed by atoms with van der Waals surface area (Å²) < 4.78 is 0. The molecule has 0 aliphatic heterocycles. The fraction of sp³-hybridized carbons (Fsp3) is 0.167. The fourth-order valence-corrected chi connectivity index (χ4v) is 4.52. The Balaban J connectivity index is 1.44. The van der Waals surface area contributed by atoms with Crippen LogP contribution in [0.1, 0.15) is 33.8 Å². The van der Waals surface area contributed by atoms with Gasteiger partial charge in [-0.2, -0.15) is 11.3 Å². The molecule has 0 aliphatic rings. The van der Waals surface area contributed by atoms with E-state index in [2.05, 4.69) is 21.7 Å². The van der Waals surface area contributed by atoms with E-state index in [-0.39, 0.29) is 30.7 Å². The summed E-state index contributed by atoms with van der Waals surface area (Å²) in [6, 6.07) is 17.5. The fourth-order valence-electron chi connectivity index (χ4n) is 3.62. The zero-order valence-corrected chi connectivity index (χ0v) is 18.3. The van der Waals surface area contributed by atoms with Crippen molar-refractivity contribution in [3.63, 3.8) is 0 Å². The molecule has 2 aromatic heterocycles. The molecule has 1 atom stereocenters. The first kappa shape index (κ1) is 21.2. The second-order valence-corrected chi connectivity index (χ2v) is 8.37. The number of halogens is 1. The smallest absolute Gasteiger partial charge is 0.252 e. The molecule has 0 fully saturated rings. The molecule has 0 spiro atoms. The van der Waals surface area contributed by atoms with Gasteiger partial charge in [-0.1, -0.05) is 48.0 Å². The molecule has 0 radical (unpaired) electrons. The van der Waals surface area contributed by atoms with Crippen LogP contribution in [0.2, 0.25) is 5.02 Å². The zero-order chi connectivity index (χ0) is 21.6. The largest absolute Gasteiger partial charge is 0.361 e. The molecule has 158 valence electrons. The average molecular weight is 452 g/mol. The van der Waals surface area contributed by atoms with E-state index in [0.717, 1.165) is 22.0 Å². The van der Waals surface area contributed by atoms with Crippen LogP contribution in [0.3, 0.4) is 0 Å². The van der Waals surface area contributed by atoms with E-state index in [4.69, 9.17) is 11.6 Å². The molecular weight excluding hydrogens is 430 g/mol. The molecule has 4 aromatic rings. The maximum absolute atomic E-state index is 12.5. The van der Waals surface area contributed by atoms with Crippen LogP contribution in [-0.2, 0) is 4.79 Å².